The number of carbonyl (C=O) groups is 2. The van der Waals surface area contributed by atoms with Crippen LogP contribution in [-0.4, -0.2) is 30.7 Å². The maximum atomic E-state index is 12.1. The highest BCUT2D eigenvalue weighted by Gasteiger charge is 2.14. The summed E-state index contributed by atoms with van der Waals surface area (Å²) >= 11 is 3.53. The highest BCUT2D eigenvalue weighted by molar-refractivity contribution is 7.98. The summed E-state index contributed by atoms with van der Waals surface area (Å²) in [7, 11) is 0. The average molecular weight is 391 g/mol. The van der Waals surface area contributed by atoms with Crippen molar-refractivity contribution in [1.29, 1.82) is 0 Å². The topological polar surface area (TPSA) is 58.2 Å². The Balaban J connectivity index is 1.64. The molecule has 0 aliphatic carbocycles. The lowest BCUT2D eigenvalue weighted by molar-refractivity contribution is -0.120. The maximum Gasteiger partial charge on any atom is 0.251 e. The van der Waals surface area contributed by atoms with Gasteiger partial charge in [-0.3, -0.25) is 9.59 Å². The van der Waals surface area contributed by atoms with E-state index in [1.807, 2.05) is 18.2 Å². The second kappa shape index (κ2) is 9.78. The molecule has 0 spiro atoms. The van der Waals surface area contributed by atoms with Crippen molar-refractivity contribution >= 4 is 34.9 Å². The Morgan fingerprint density at radius 3 is 2.42 bits per heavy atom. The summed E-state index contributed by atoms with van der Waals surface area (Å²) < 4.78 is 0. The highest BCUT2D eigenvalue weighted by Crippen LogP contribution is 2.22. The van der Waals surface area contributed by atoms with Crippen LogP contribution in [0.5, 0.6) is 0 Å². The van der Waals surface area contributed by atoms with Gasteiger partial charge in [-0.15, -0.1) is 11.3 Å². The van der Waals surface area contributed by atoms with Gasteiger partial charge in [0.2, 0.25) is 5.91 Å². The predicted molar refractivity (Wildman–Crippen MR) is 111 cm³/mol. The maximum absolute atomic E-state index is 12.1. The molecule has 140 valence electrons. The van der Waals surface area contributed by atoms with Gasteiger partial charge in [-0.2, -0.15) is 11.8 Å². The molecule has 4 nitrogen and oxygen atoms in total. The van der Waals surface area contributed by atoms with Gasteiger partial charge >= 0.3 is 0 Å². The Kier molecular flexibility index (Phi) is 7.72. The molecule has 0 unspecified atom stereocenters. The summed E-state index contributed by atoms with van der Waals surface area (Å²) in [6.45, 7) is 6.99. The zero-order chi connectivity index (χ0) is 19.0. The van der Waals surface area contributed by atoms with E-state index in [1.165, 1.54) is 10.4 Å². The Morgan fingerprint density at radius 2 is 1.81 bits per heavy atom. The molecule has 0 atom stereocenters. The molecule has 26 heavy (non-hydrogen) atoms. The number of amides is 2. The van der Waals surface area contributed by atoms with E-state index in [1.54, 1.807) is 35.2 Å². The van der Waals surface area contributed by atoms with Crippen LogP contribution in [0.4, 0.5) is 0 Å². The van der Waals surface area contributed by atoms with Crippen molar-refractivity contribution in [3.05, 3.63) is 57.8 Å². The van der Waals surface area contributed by atoms with Crippen LogP contribution in [0, 0.1) is 0 Å². The Morgan fingerprint density at radius 1 is 1.08 bits per heavy atom. The van der Waals surface area contributed by atoms with Gasteiger partial charge < -0.3 is 10.6 Å². The summed E-state index contributed by atoms with van der Waals surface area (Å²) in [6.07, 6.45) is 0. The monoisotopic (exact) mass is 390 g/mol. The van der Waals surface area contributed by atoms with Crippen LogP contribution in [-0.2, 0) is 16.0 Å². The van der Waals surface area contributed by atoms with Gasteiger partial charge in [0.15, 0.2) is 0 Å². The molecular formula is C20H26N2O2S2. The van der Waals surface area contributed by atoms with Crippen LogP contribution in [0.3, 0.4) is 0 Å². The summed E-state index contributed by atoms with van der Waals surface area (Å²) in [5.41, 5.74) is 1.79. The van der Waals surface area contributed by atoms with Crippen LogP contribution < -0.4 is 10.6 Å². The predicted octanol–water partition coefficient (Wildman–Crippen LogP) is 3.83. The zero-order valence-corrected chi connectivity index (χ0v) is 17.1. The molecular weight excluding hydrogens is 364 g/mol. The molecule has 0 saturated carbocycles. The van der Waals surface area contributed by atoms with Crippen LogP contribution in [0.25, 0.3) is 0 Å². The Bertz CT molecular complexity index is 704. The normalized spacial score (nSPS) is 11.2. The summed E-state index contributed by atoms with van der Waals surface area (Å²) in [5.74, 6) is 1.43. The fourth-order valence-electron chi connectivity index (χ4n) is 2.28. The summed E-state index contributed by atoms with van der Waals surface area (Å²) in [5, 5.41) is 7.56. The van der Waals surface area contributed by atoms with E-state index >= 15 is 0 Å². The first-order valence-electron chi connectivity index (χ1n) is 8.62. The van der Waals surface area contributed by atoms with Crippen molar-refractivity contribution < 1.29 is 9.59 Å². The lowest BCUT2D eigenvalue weighted by Gasteiger charge is -2.19. The van der Waals surface area contributed by atoms with E-state index < -0.39 is 0 Å². The van der Waals surface area contributed by atoms with Gasteiger partial charge in [0.1, 0.15) is 0 Å². The van der Waals surface area contributed by atoms with Crippen LogP contribution in [0.15, 0.2) is 41.8 Å². The molecule has 0 saturated heterocycles. The largest absolute Gasteiger partial charge is 0.354 e. The van der Waals surface area contributed by atoms with Crippen molar-refractivity contribution in [3.8, 4) is 0 Å². The van der Waals surface area contributed by atoms with Gasteiger partial charge in [0.05, 0.1) is 6.54 Å². The minimum atomic E-state index is -0.229. The summed E-state index contributed by atoms with van der Waals surface area (Å²) in [6, 6.07) is 11.7. The van der Waals surface area contributed by atoms with Crippen molar-refractivity contribution in [2.24, 2.45) is 0 Å². The fourth-order valence-corrected chi connectivity index (χ4v) is 3.98. The Hall–Kier alpha value is -1.79. The molecule has 1 heterocycles. The lowest BCUT2D eigenvalue weighted by Crippen LogP contribution is -2.37. The van der Waals surface area contributed by atoms with Gasteiger partial charge in [-0.05, 0) is 34.6 Å². The number of hydrogen-bond acceptors (Lipinski definition) is 4. The van der Waals surface area contributed by atoms with Crippen LogP contribution in [0.2, 0.25) is 0 Å². The third-order valence-electron chi connectivity index (χ3n) is 3.82. The summed E-state index contributed by atoms with van der Waals surface area (Å²) in [4.78, 5) is 25.3. The van der Waals surface area contributed by atoms with Crippen molar-refractivity contribution in [1.82, 2.24) is 10.6 Å². The van der Waals surface area contributed by atoms with Crippen LogP contribution in [0.1, 0.15) is 41.6 Å². The molecule has 0 fully saturated rings. The minimum Gasteiger partial charge on any atom is -0.354 e. The number of benzene rings is 1. The van der Waals surface area contributed by atoms with Crippen molar-refractivity contribution in [3.63, 3.8) is 0 Å². The molecule has 0 aliphatic heterocycles. The molecule has 1 aromatic carbocycles. The van der Waals surface area contributed by atoms with E-state index in [9.17, 15) is 9.59 Å². The lowest BCUT2D eigenvalue weighted by atomic mass is 9.87. The third-order valence-corrected chi connectivity index (χ3v) is 5.88. The van der Waals surface area contributed by atoms with E-state index in [2.05, 4.69) is 42.9 Å². The van der Waals surface area contributed by atoms with Crippen molar-refractivity contribution in [2.45, 2.75) is 31.9 Å². The van der Waals surface area contributed by atoms with E-state index in [0.29, 0.717) is 12.1 Å². The number of thioether (sulfide) groups is 1. The van der Waals surface area contributed by atoms with E-state index in [-0.39, 0.29) is 23.8 Å². The zero-order valence-electron chi connectivity index (χ0n) is 15.5. The van der Waals surface area contributed by atoms with Gasteiger partial charge in [0, 0.05) is 28.5 Å². The Labute approximate surface area is 163 Å². The fraction of sp³-hybridized carbons (Fsp3) is 0.400. The van der Waals surface area contributed by atoms with E-state index in [0.717, 1.165) is 11.5 Å². The first-order chi connectivity index (χ1) is 12.4. The quantitative estimate of drug-likeness (QED) is 0.674. The average Bonchev–Trinajstić information content (AvgIpc) is 3.12. The SMILES string of the molecule is CC(C)(C)c1ccc(C(=O)NCC(=O)NCCSCc2cccs2)cc1. The second-order valence-corrected chi connectivity index (χ2v) is 9.13. The molecule has 2 aromatic rings. The van der Waals surface area contributed by atoms with Crippen molar-refractivity contribution in [2.75, 3.05) is 18.8 Å². The first-order valence-corrected chi connectivity index (χ1v) is 10.7. The molecule has 2 amide bonds. The first kappa shape index (κ1) is 20.5. The van der Waals surface area contributed by atoms with Gasteiger partial charge in [-0.25, -0.2) is 0 Å². The second-order valence-electron chi connectivity index (χ2n) is 6.99. The number of nitrogens with one attached hydrogen (secondary N) is 2. The number of thiophene rings is 1. The van der Waals surface area contributed by atoms with E-state index in [4.69, 9.17) is 0 Å². The van der Waals surface area contributed by atoms with Crippen LogP contribution >= 0.6 is 23.1 Å². The molecule has 2 rings (SSSR count). The number of hydrogen-bond donors (Lipinski definition) is 2. The molecule has 6 heteroatoms. The molecule has 0 aliphatic rings. The molecule has 0 radical (unpaired) electrons. The number of rotatable bonds is 8. The van der Waals surface area contributed by atoms with Gasteiger partial charge in [0.25, 0.3) is 5.91 Å². The number of carbonyl (C=O) groups excluding carboxylic acids is 2. The smallest absolute Gasteiger partial charge is 0.251 e. The minimum absolute atomic E-state index is 0.00452. The molecule has 0 bridgehead atoms. The van der Waals surface area contributed by atoms with Gasteiger partial charge in [-0.1, -0.05) is 39.0 Å². The highest BCUT2D eigenvalue weighted by atomic mass is 32.2. The third kappa shape index (κ3) is 6.84. The molecule has 1 aromatic heterocycles. The standard InChI is InChI=1S/C20H26N2O2S2/c1-20(2,3)16-8-6-15(7-9-16)19(24)22-13-18(23)21-10-12-25-14-17-5-4-11-26-17/h4-9,11H,10,12-14H2,1-3H3,(H,21,23)(H,22,24). The molecule has 2 N–H and O–H groups in total.